The minimum Gasteiger partial charge on any atom is -1.00 e. The van der Waals surface area contributed by atoms with Crippen LogP contribution in [-0.4, -0.2) is 25.9 Å². The zero-order chi connectivity index (χ0) is 14.3. The van der Waals surface area contributed by atoms with Crippen molar-refractivity contribution >= 4 is 48.5 Å². The van der Waals surface area contributed by atoms with Crippen LogP contribution in [0.3, 0.4) is 0 Å². The molecule has 0 unspecified atom stereocenters. The maximum atomic E-state index is 11.2. The SMILES string of the molecule is Cc1cc(I)c(S(=O)(=O)O)c(S(=O)(=O)O)c1[N+]#N.[Br-]. The molecule has 1 rings (SSSR count). The van der Waals surface area contributed by atoms with Crippen molar-refractivity contribution in [2.75, 3.05) is 0 Å². The van der Waals surface area contributed by atoms with Crippen molar-refractivity contribution < 1.29 is 42.9 Å². The third-order valence-electron chi connectivity index (χ3n) is 1.97. The Morgan fingerprint density at radius 3 is 1.89 bits per heavy atom. The van der Waals surface area contributed by atoms with E-state index in [0.717, 1.165) is 0 Å². The van der Waals surface area contributed by atoms with E-state index >= 15 is 0 Å². The van der Waals surface area contributed by atoms with Gasteiger partial charge >= 0.3 is 15.8 Å². The molecule has 0 radical (unpaired) electrons. The molecule has 0 amide bonds. The second kappa shape index (κ2) is 5.97. The predicted octanol–water partition coefficient (Wildman–Crippen LogP) is -1.42. The summed E-state index contributed by atoms with van der Waals surface area (Å²) in [6.07, 6.45) is 0. The van der Waals surface area contributed by atoms with E-state index in [1.165, 1.54) is 35.6 Å². The van der Waals surface area contributed by atoms with Gasteiger partial charge in [-0.05, 0) is 35.6 Å². The van der Waals surface area contributed by atoms with E-state index in [1.807, 2.05) is 0 Å². The number of nitrogens with zero attached hydrogens (tertiary/aromatic N) is 2. The smallest absolute Gasteiger partial charge is 0.410 e. The molecule has 0 atom stereocenters. The molecule has 0 aliphatic carbocycles. The first-order chi connectivity index (χ1) is 8.00. The third-order valence-corrected chi connectivity index (χ3v) is 5.17. The average Bonchev–Trinajstić information content (AvgIpc) is 2.12. The maximum Gasteiger partial charge on any atom is 0.410 e. The molecule has 12 heteroatoms. The summed E-state index contributed by atoms with van der Waals surface area (Å²) in [4.78, 5) is 0.454. The third kappa shape index (κ3) is 3.83. The van der Waals surface area contributed by atoms with Gasteiger partial charge in [-0.15, -0.1) is 0 Å². The van der Waals surface area contributed by atoms with Gasteiger partial charge in [-0.2, -0.15) is 16.8 Å². The van der Waals surface area contributed by atoms with Gasteiger partial charge in [0.2, 0.25) is 10.3 Å². The fourth-order valence-electron chi connectivity index (χ4n) is 1.32. The predicted molar refractivity (Wildman–Crippen MR) is 68.3 cm³/mol. The molecule has 0 saturated carbocycles. The molecule has 8 nitrogen and oxygen atoms in total. The Hall–Kier alpha value is -0.330. The number of aryl methyl sites for hydroxylation is 1. The lowest BCUT2D eigenvalue weighted by Crippen LogP contribution is -3.00. The van der Waals surface area contributed by atoms with Gasteiger partial charge in [0.15, 0.2) is 4.98 Å². The standard InChI is InChI=1S/C7H5IN2O6S2.BrH/c1-3-2-4(8)6(17(11,12)13)7(5(3)10-9)18(14,15)16;/h2H,1H3,(H-,11,12,13,14,15,16);1H. The molecule has 106 valence electrons. The van der Waals surface area contributed by atoms with Crippen LogP contribution in [0.5, 0.6) is 0 Å². The van der Waals surface area contributed by atoms with E-state index in [-0.39, 0.29) is 26.1 Å². The summed E-state index contributed by atoms with van der Waals surface area (Å²) in [5, 5.41) is 8.71. The van der Waals surface area contributed by atoms with Crippen molar-refractivity contribution in [1.82, 2.24) is 0 Å². The second-order valence-electron chi connectivity index (χ2n) is 3.23. The minimum atomic E-state index is -5.00. The summed E-state index contributed by atoms with van der Waals surface area (Å²) in [7, 11) is -9.92. The van der Waals surface area contributed by atoms with Crippen LogP contribution in [0.2, 0.25) is 0 Å². The lowest BCUT2D eigenvalue weighted by molar-refractivity contribution is -0.0000120. The number of rotatable bonds is 2. The molecule has 0 fully saturated rings. The van der Waals surface area contributed by atoms with Crippen molar-refractivity contribution in [1.29, 1.82) is 5.39 Å². The molecule has 2 N–H and O–H groups in total. The van der Waals surface area contributed by atoms with Crippen molar-refractivity contribution in [3.63, 3.8) is 0 Å². The van der Waals surface area contributed by atoms with Gasteiger partial charge in [0, 0.05) is 9.13 Å². The molecule has 0 aliphatic rings. The van der Waals surface area contributed by atoms with Crippen LogP contribution in [0.4, 0.5) is 5.69 Å². The molecule has 0 spiro atoms. The van der Waals surface area contributed by atoms with Crippen LogP contribution in [0, 0.1) is 15.9 Å². The fraction of sp³-hybridized carbons (Fsp3) is 0.143. The number of benzene rings is 1. The van der Waals surface area contributed by atoms with Gasteiger partial charge in [0.25, 0.3) is 10.1 Å². The van der Waals surface area contributed by atoms with E-state index in [2.05, 4.69) is 4.98 Å². The summed E-state index contributed by atoms with van der Waals surface area (Å²) in [6, 6.07) is 1.19. The zero-order valence-electron chi connectivity index (χ0n) is 9.07. The lowest BCUT2D eigenvalue weighted by atomic mass is 10.2. The highest BCUT2D eigenvalue weighted by atomic mass is 127. The first-order valence-electron chi connectivity index (χ1n) is 4.13. The summed E-state index contributed by atoms with van der Waals surface area (Å²) in [5.41, 5.74) is -0.535. The summed E-state index contributed by atoms with van der Waals surface area (Å²) in [6.45, 7) is 1.35. The number of halogens is 2. The Labute approximate surface area is 133 Å². The monoisotopic (exact) mass is 484 g/mol. The van der Waals surface area contributed by atoms with Crippen LogP contribution in [-0.2, 0) is 20.2 Å². The normalized spacial score (nSPS) is 11.5. The summed E-state index contributed by atoms with van der Waals surface area (Å²) in [5.74, 6) is 0. The van der Waals surface area contributed by atoms with Crippen molar-refractivity contribution in [3.05, 3.63) is 20.2 Å². The first kappa shape index (κ1) is 18.7. The highest BCUT2D eigenvalue weighted by molar-refractivity contribution is 14.1. The Morgan fingerprint density at radius 1 is 1.16 bits per heavy atom. The largest absolute Gasteiger partial charge is 1.00 e. The summed E-state index contributed by atoms with van der Waals surface area (Å²) < 4.78 is 62.6. The van der Waals surface area contributed by atoms with Gasteiger partial charge in [0.1, 0.15) is 4.90 Å². The van der Waals surface area contributed by atoms with E-state index in [4.69, 9.17) is 14.5 Å². The van der Waals surface area contributed by atoms with Crippen LogP contribution >= 0.6 is 22.6 Å². The van der Waals surface area contributed by atoms with Gasteiger partial charge in [-0.1, -0.05) is 0 Å². The van der Waals surface area contributed by atoms with Crippen LogP contribution < -0.4 is 17.0 Å². The molecule has 0 aliphatic heterocycles. The van der Waals surface area contributed by atoms with Crippen LogP contribution in [0.25, 0.3) is 4.98 Å². The molecular weight excluding hydrogens is 479 g/mol. The van der Waals surface area contributed by atoms with Crippen LogP contribution in [0.15, 0.2) is 15.9 Å². The number of hydrogen-bond acceptors (Lipinski definition) is 5. The quantitative estimate of drug-likeness (QED) is 0.298. The summed E-state index contributed by atoms with van der Waals surface area (Å²) >= 11 is 1.47. The highest BCUT2D eigenvalue weighted by Gasteiger charge is 2.37. The van der Waals surface area contributed by atoms with E-state index in [1.54, 1.807) is 0 Å². The molecule has 19 heavy (non-hydrogen) atoms. The van der Waals surface area contributed by atoms with E-state index in [9.17, 15) is 16.8 Å². The molecular formula is C7H6BrIN2O6S2. The zero-order valence-corrected chi connectivity index (χ0v) is 14.4. The molecule has 1 aromatic rings. The Kier molecular flexibility index (Phi) is 5.87. The van der Waals surface area contributed by atoms with E-state index < -0.39 is 35.7 Å². The highest BCUT2D eigenvalue weighted by Crippen LogP contribution is 2.37. The van der Waals surface area contributed by atoms with Crippen LogP contribution in [0.1, 0.15) is 5.56 Å². The lowest BCUT2D eigenvalue weighted by Gasteiger charge is -2.05. The molecule has 1 aromatic carbocycles. The minimum absolute atomic E-state index is 0. The van der Waals surface area contributed by atoms with E-state index in [0.29, 0.717) is 0 Å². The maximum absolute atomic E-state index is 11.2. The van der Waals surface area contributed by atoms with Crippen molar-refractivity contribution in [2.45, 2.75) is 16.7 Å². The Bertz CT molecular complexity index is 768. The number of hydrogen-bond donors (Lipinski definition) is 2. The molecule has 0 bridgehead atoms. The van der Waals surface area contributed by atoms with Gasteiger partial charge in [-0.3, -0.25) is 9.11 Å². The topological polar surface area (TPSA) is 137 Å². The fourth-order valence-corrected chi connectivity index (χ4v) is 5.14. The van der Waals surface area contributed by atoms with Crippen molar-refractivity contribution in [3.8, 4) is 0 Å². The number of diazo groups is 1. The Balaban J connectivity index is 0.00000324. The molecule has 0 heterocycles. The Morgan fingerprint density at radius 2 is 1.58 bits per heavy atom. The van der Waals surface area contributed by atoms with Gasteiger partial charge < -0.3 is 17.0 Å². The first-order valence-corrected chi connectivity index (χ1v) is 8.09. The van der Waals surface area contributed by atoms with Crippen molar-refractivity contribution in [2.24, 2.45) is 0 Å². The molecule has 0 saturated heterocycles. The van der Waals surface area contributed by atoms with Gasteiger partial charge in [-0.25, -0.2) is 0 Å². The molecule has 0 aromatic heterocycles. The van der Waals surface area contributed by atoms with Gasteiger partial charge in [0.05, 0.1) is 0 Å². The second-order valence-corrected chi connectivity index (χ2v) is 7.11. The average molecular weight is 485 g/mol.